The lowest BCUT2D eigenvalue weighted by molar-refractivity contribution is -0.124. The molecule has 9 heteroatoms. The van der Waals surface area contributed by atoms with Gasteiger partial charge < -0.3 is 19.9 Å². The first-order valence-corrected chi connectivity index (χ1v) is 17.7. The van der Waals surface area contributed by atoms with Gasteiger partial charge in [-0.1, -0.05) is 43.3 Å². The number of benzene rings is 3. The van der Waals surface area contributed by atoms with Crippen molar-refractivity contribution in [2.75, 3.05) is 49.3 Å². The van der Waals surface area contributed by atoms with Crippen molar-refractivity contribution >= 4 is 52.3 Å². The van der Waals surface area contributed by atoms with Gasteiger partial charge >= 0.3 is 0 Å². The van der Waals surface area contributed by atoms with E-state index in [-0.39, 0.29) is 18.2 Å². The summed E-state index contributed by atoms with van der Waals surface area (Å²) in [5.41, 5.74) is 2.83. The lowest BCUT2D eigenvalue weighted by Crippen LogP contribution is -2.40. The summed E-state index contributed by atoms with van der Waals surface area (Å²) in [6, 6.07) is 25.3. The van der Waals surface area contributed by atoms with Crippen LogP contribution in [0.4, 0.5) is 11.4 Å². The third kappa shape index (κ3) is 8.87. The van der Waals surface area contributed by atoms with Gasteiger partial charge in [-0.25, -0.2) is 0 Å². The van der Waals surface area contributed by atoms with Crippen molar-refractivity contribution in [1.82, 2.24) is 9.80 Å². The Balaban J connectivity index is 1.20. The molecule has 1 atom stereocenters. The van der Waals surface area contributed by atoms with Crippen LogP contribution in [0.15, 0.2) is 83.8 Å². The second kappa shape index (κ2) is 16.2. The number of carbonyl (C=O) groups is 2. The Labute approximate surface area is 277 Å². The predicted molar refractivity (Wildman–Crippen MR) is 188 cm³/mol. The molecule has 2 amide bonds. The van der Waals surface area contributed by atoms with Crippen molar-refractivity contribution in [2.24, 2.45) is 5.92 Å². The average Bonchev–Trinajstić information content (AvgIpc) is 3.29. The van der Waals surface area contributed by atoms with Gasteiger partial charge in [0.1, 0.15) is 11.8 Å². The number of hydrogen-bond donors (Lipinski definition) is 1. The predicted octanol–water partition coefficient (Wildman–Crippen LogP) is 6.87. The smallest absolute Gasteiger partial charge is 0.256 e. The normalized spacial score (nSPS) is 17.6. The molecule has 2 aliphatic rings. The highest BCUT2D eigenvalue weighted by molar-refractivity contribution is 7.98. The molecule has 0 radical (unpaired) electrons. The van der Waals surface area contributed by atoms with Gasteiger partial charge in [0.05, 0.1) is 18.7 Å². The molecule has 2 saturated heterocycles. The van der Waals surface area contributed by atoms with E-state index in [1.807, 2.05) is 59.7 Å². The molecule has 0 aromatic heterocycles. The molecule has 45 heavy (non-hydrogen) atoms. The highest BCUT2D eigenvalue weighted by Crippen LogP contribution is 2.30. The minimum absolute atomic E-state index is 0.0245. The number of piperidine rings is 1. The Bertz CT molecular complexity index is 1430. The molecule has 7 nitrogen and oxygen atoms in total. The largest absolute Gasteiger partial charge is 0.494 e. The summed E-state index contributed by atoms with van der Waals surface area (Å²) in [6.07, 6.45) is 7.37. The highest BCUT2D eigenvalue weighted by atomic mass is 32.2. The number of nitrogens with one attached hydrogen (secondary N) is 1. The zero-order chi connectivity index (χ0) is 31.6. The summed E-state index contributed by atoms with van der Waals surface area (Å²) in [7, 11) is 0. The van der Waals surface area contributed by atoms with Gasteiger partial charge in [0, 0.05) is 17.1 Å². The summed E-state index contributed by atoms with van der Waals surface area (Å²) in [5.74, 6) is 1.11. The van der Waals surface area contributed by atoms with Crippen LogP contribution in [0, 0.1) is 5.92 Å². The van der Waals surface area contributed by atoms with Gasteiger partial charge in [-0.05, 0) is 124 Å². The van der Waals surface area contributed by atoms with Crippen molar-refractivity contribution in [2.45, 2.75) is 56.4 Å². The van der Waals surface area contributed by atoms with Crippen LogP contribution < -0.4 is 15.0 Å². The molecule has 0 aliphatic carbocycles. The van der Waals surface area contributed by atoms with E-state index in [9.17, 15) is 9.59 Å². The monoisotopic (exact) mass is 644 g/mol. The fourth-order valence-electron chi connectivity index (χ4n) is 6.14. The summed E-state index contributed by atoms with van der Waals surface area (Å²) in [5, 5.41) is 3.43. The van der Waals surface area contributed by atoms with Crippen LogP contribution in [0.25, 0.3) is 0 Å². The SMILES string of the molecule is CCCOc1ccc(NC(=O)C[C@@H]2C(=O)N(c3cccc(SC)c3)C(=S)N2CCCN2CCC(Cc3ccccc3)CC2)cc1. The standard InChI is InChI=1S/C36H44N4O3S2/c1-3-23-43-31-15-13-29(14-16-31)37-34(41)26-33-35(42)40(30-11-7-12-32(25-30)45-2)36(44)39(33)20-8-19-38-21-17-28(18-22-38)24-27-9-5-4-6-10-27/h4-7,9-16,25,28,33H,3,8,17-24,26H2,1-2H3,(H,37,41)/t33-/m1/s1. The van der Waals surface area contributed by atoms with Gasteiger partial charge in [0.15, 0.2) is 5.11 Å². The number of ether oxygens (including phenoxy) is 1. The van der Waals surface area contributed by atoms with Gasteiger partial charge in [0.25, 0.3) is 5.91 Å². The number of rotatable bonds is 14. The van der Waals surface area contributed by atoms with E-state index in [0.717, 1.165) is 61.1 Å². The van der Waals surface area contributed by atoms with E-state index < -0.39 is 6.04 Å². The van der Waals surface area contributed by atoms with Crippen LogP contribution in [-0.4, -0.2) is 71.8 Å². The van der Waals surface area contributed by atoms with Crippen LogP contribution >= 0.6 is 24.0 Å². The van der Waals surface area contributed by atoms with Crippen LogP contribution in [0.3, 0.4) is 0 Å². The van der Waals surface area contributed by atoms with Crippen LogP contribution in [0.2, 0.25) is 0 Å². The summed E-state index contributed by atoms with van der Waals surface area (Å²) < 4.78 is 5.65. The van der Waals surface area contributed by atoms with E-state index in [2.05, 4.69) is 47.5 Å². The Morgan fingerprint density at radius 1 is 1.00 bits per heavy atom. The fourth-order valence-corrected chi connectivity index (χ4v) is 7.01. The van der Waals surface area contributed by atoms with Crippen LogP contribution in [0.1, 0.15) is 44.6 Å². The zero-order valence-electron chi connectivity index (χ0n) is 26.3. The first-order valence-electron chi connectivity index (χ1n) is 16.0. The van der Waals surface area contributed by atoms with Crippen molar-refractivity contribution in [3.63, 3.8) is 0 Å². The number of thioether (sulfide) groups is 1. The van der Waals surface area contributed by atoms with E-state index in [0.29, 0.717) is 24.0 Å². The molecule has 0 unspecified atom stereocenters. The lowest BCUT2D eigenvalue weighted by atomic mass is 9.90. The Morgan fingerprint density at radius 2 is 1.76 bits per heavy atom. The lowest BCUT2D eigenvalue weighted by Gasteiger charge is -2.33. The average molecular weight is 645 g/mol. The number of likely N-dealkylation sites (tertiary alicyclic amines) is 1. The number of hydrogen-bond acceptors (Lipinski definition) is 6. The minimum Gasteiger partial charge on any atom is -0.494 e. The third-order valence-corrected chi connectivity index (χ3v) is 9.71. The molecule has 238 valence electrons. The second-order valence-corrected chi connectivity index (χ2v) is 13.1. The topological polar surface area (TPSA) is 65.1 Å². The maximum atomic E-state index is 13.9. The molecular formula is C36H44N4O3S2. The number of thiocarbonyl (C=S) groups is 1. The molecule has 2 heterocycles. The Morgan fingerprint density at radius 3 is 2.47 bits per heavy atom. The number of nitrogens with zero attached hydrogens (tertiary/aromatic N) is 3. The van der Waals surface area contributed by atoms with Crippen molar-refractivity contribution < 1.29 is 14.3 Å². The Kier molecular flexibility index (Phi) is 11.9. The molecule has 5 rings (SSSR count). The van der Waals surface area contributed by atoms with Crippen molar-refractivity contribution in [3.8, 4) is 5.75 Å². The second-order valence-electron chi connectivity index (χ2n) is 11.8. The van der Waals surface area contributed by atoms with E-state index in [4.69, 9.17) is 17.0 Å². The highest BCUT2D eigenvalue weighted by Gasteiger charge is 2.44. The molecule has 2 aliphatic heterocycles. The summed E-state index contributed by atoms with van der Waals surface area (Å²) in [6.45, 7) is 6.44. The number of anilines is 2. The molecule has 0 bridgehead atoms. The first kappa shape index (κ1) is 33.0. The van der Waals surface area contributed by atoms with Crippen LogP contribution in [0.5, 0.6) is 5.75 Å². The first-order chi connectivity index (χ1) is 21.9. The molecule has 0 saturated carbocycles. The molecule has 1 N–H and O–H groups in total. The molecule has 3 aromatic carbocycles. The zero-order valence-corrected chi connectivity index (χ0v) is 28.0. The Hall–Kier alpha value is -3.40. The van der Waals surface area contributed by atoms with Gasteiger partial charge in [-0.15, -0.1) is 11.8 Å². The van der Waals surface area contributed by atoms with Gasteiger partial charge in [-0.2, -0.15) is 0 Å². The maximum Gasteiger partial charge on any atom is 0.256 e. The quantitative estimate of drug-likeness (QED) is 0.152. The van der Waals surface area contributed by atoms with E-state index >= 15 is 0 Å². The van der Waals surface area contributed by atoms with Crippen molar-refractivity contribution in [1.29, 1.82) is 0 Å². The summed E-state index contributed by atoms with van der Waals surface area (Å²) in [4.78, 5) is 34.3. The van der Waals surface area contributed by atoms with Crippen LogP contribution in [-0.2, 0) is 16.0 Å². The molecule has 3 aromatic rings. The fraction of sp³-hybridized carbons (Fsp3) is 0.417. The minimum atomic E-state index is -0.654. The van der Waals surface area contributed by atoms with E-state index in [1.54, 1.807) is 16.7 Å². The number of amides is 2. The number of carbonyl (C=O) groups excluding carboxylic acids is 2. The summed E-state index contributed by atoms with van der Waals surface area (Å²) >= 11 is 7.54. The third-order valence-electron chi connectivity index (χ3n) is 8.57. The van der Waals surface area contributed by atoms with Gasteiger partial charge in [0.2, 0.25) is 5.91 Å². The molecular weight excluding hydrogens is 601 g/mol. The molecule has 2 fully saturated rings. The van der Waals surface area contributed by atoms with Crippen molar-refractivity contribution in [3.05, 3.63) is 84.4 Å². The maximum absolute atomic E-state index is 13.9. The molecule has 0 spiro atoms. The van der Waals surface area contributed by atoms with E-state index in [1.165, 1.54) is 18.4 Å². The van der Waals surface area contributed by atoms with Gasteiger partial charge in [-0.3, -0.25) is 14.5 Å².